The summed E-state index contributed by atoms with van der Waals surface area (Å²) in [5.41, 5.74) is 1.24. The second-order valence-corrected chi connectivity index (χ2v) is 5.94. The summed E-state index contributed by atoms with van der Waals surface area (Å²) in [4.78, 5) is 4.82. The van der Waals surface area contributed by atoms with Crippen LogP contribution < -0.4 is 10.1 Å². The number of ether oxygens (including phenoxy) is 1. The Balaban J connectivity index is 1.76. The molecule has 1 atom stereocenters. The smallest absolute Gasteiger partial charge is 0.123 e. The van der Waals surface area contributed by atoms with E-state index in [1.165, 1.54) is 18.5 Å². The van der Waals surface area contributed by atoms with Crippen molar-refractivity contribution in [3.8, 4) is 5.75 Å². The fourth-order valence-electron chi connectivity index (χ4n) is 2.77. The lowest BCUT2D eigenvalue weighted by Crippen LogP contribution is -2.33. The van der Waals surface area contributed by atoms with Crippen molar-refractivity contribution in [1.82, 2.24) is 15.1 Å². The van der Waals surface area contributed by atoms with E-state index in [9.17, 15) is 0 Å². The van der Waals surface area contributed by atoms with Crippen LogP contribution in [0.3, 0.4) is 0 Å². The lowest BCUT2D eigenvalue weighted by molar-refractivity contribution is 0.219. The highest BCUT2D eigenvalue weighted by atomic mass is 16.5. The molecule has 0 saturated carbocycles. The van der Waals surface area contributed by atoms with Crippen LogP contribution in [-0.2, 0) is 6.54 Å². The molecule has 21 heavy (non-hydrogen) atoms. The predicted molar refractivity (Wildman–Crippen MR) is 87.8 cm³/mol. The number of nitrogens with one attached hydrogen (secondary N) is 1. The SMILES string of the molecule is CCNCc1ccccc1OCCN1CCC(N(C)C)C1. The third-order valence-corrected chi connectivity index (χ3v) is 4.18. The number of hydrogen-bond acceptors (Lipinski definition) is 4. The van der Waals surface area contributed by atoms with E-state index >= 15 is 0 Å². The fourth-order valence-corrected chi connectivity index (χ4v) is 2.77. The molecule has 0 aliphatic carbocycles. The molecular weight excluding hydrogens is 262 g/mol. The van der Waals surface area contributed by atoms with Crippen LogP contribution in [0.15, 0.2) is 24.3 Å². The van der Waals surface area contributed by atoms with Crippen LogP contribution in [0.4, 0.5) is 0 Å². The van der Waals surface area contributed by atoms with E-state index in [0.717, 1.165) is 38.5 Å². The van der Waals surface area contributed by atoms with E-state index < -0.39 is 0 Å². The maximum atomic E-state index is 6.00. The molecule has 0 aromatic heterocycles. The second kappa shape index (κ2) is 8.37. The Morgan fingerprint density at radius 1 is 1.33 bits per heavy atom. The lowest BCUT2D eigenvalue weighted by atomic mass is 10.2. The number of likely N-dealkylation sites (N-methyl/N-ethyl adjacent to an activating group) is 1. The van der Waals surface area contributed by atoms with Gasteiger partial charge in [0.25, 0.3) is 0 Å². The van der Waals surface area contributed by atoms with Crippen LogP contribution >= 0.6 is 0 Å². The fraction of sp³-hybridized carbons (Fsp3) is 0.647. The Labute approximate surface area is 129 Å². The van der Waals surface area contributed by atoms with E-state index in [1.807, 2.05) is 6.07 Å². The third kappa shape index (κ3) is 4.99. The molecule has 1 N–H and O–H groups in total. The summed E-state index contributed by atoms with van der Waals surface area (Å²) < 4.78 is 6.00. The molecular formula is C17H29N3O. The molecule has 1 fully saturated rings. The molecule has 1 aliphatic rings. The maximum absolute atomic E-state index is 6.00. The average Bonchev–Trinajstić information content (AvgIpc) is 2.95. The molecule has 4 nitrogen and oxygen atoms in total. The van der Waals surface area contributed by atoms with Gasteiger partial charge < -0.3 is 15.0 Å². The van der Waals surface area contributed by atoms with E-state index in [4.69, 9.17) is 4.74 Å². The number of hydrogen-bond donors (Lipinski definition) is 1. The number of rotatable bonds is 8. The van der Waals surface area contributed by atoms with Crippen LogP contribution in [0.5, 0.6) is 5.75 Å². The zero-order chi connectivity index (χ0) is 15.1. The molecule has 1 aliphatic heterocycles. The molecule has 1 aromatic carbocycles. The standard InChI is InChI=1S/C17H29N3O/c1-4-18-13-15-7-5-6-8-17(15)21-12-11-20-10-9-16(14-20)19(2)3/h5-8,16,18H,4,9-14H2,1-3H3. The molecule has 2 rings (SSSR count). The first-order valence-electron chi connectivity index (χ1n) is 8.01. The van der Waals surface area contributed by atoms with Crippen molar-refractivity contribution in [3.05, 3.63) is 29.8 Å². The molecule has 1 saturated heterocycles. The minimum absolute atomic E-state index is 0.700. The molecule has 118 valence electrons. The topological polar surface area (TPSA) is 27.7 Å². The Morgan fingerprint density at radius 3 is 2.86 bits per heavy atom. The van der Waals surface area contributed by atoms with Gasteiger partial charge in [0.2, 0.25) is 0 Å². The Kier molecular flexibility index (Phi) is 6.49. The summed E-state index contributed by atoms with van der Waals surface area (Å²) in [5, 5.41) is 3.36. The van der Waals surface area contributed by atoms with Gasteiger partial charge >= 0.3 is 0 Å². The highest BCUT2D eigenvalue weighted by molar-refractivity contribution is 5.33. The molecule has 4 heteroatoms. The van der Waals surface area contributed by atoms with Gasteiger partial charge in [-0.1, -0.05) is 25.1 Å². The minimum atomic E-state index is 0.700. The summed E-state index contributed by atoms with van der Waals surface area (Å²) in [7, 11) is 4.34. The van der Waals surface area contributed by atoms with Gasteiger partial charge in [-0.25, -0.2) is 0 Å². The largest absolute Gasteiger partial charge is 0.492 e. The van der Waals surface area contributed by atoms with Gasteiger partial charge in [0, 0.05) is 31.2 Å². The summed E-state index contributed by atoms with van der Waals surface area (Å²) >= 11 is 0. The molecule has 0 spiro atoms. The molecule has 0 amide bonds. The van der Waals surface area contributed by atoms with E-state index in [-0.39, 0.29) is 0 Å². The second-order valence-electron chi connectivity index (χ2n) is 5.94. The first kappa shape index (κ1) is 16.3. The maximum Gasteiger partial charge on any atom is 0.123 e. The van der Waals surface area contributed by atoms with Gasteiger partial charge in [0.1, 0.15) is 12.4 Å². The van der Waals surface area contributed by atoms with Gasteiger partial charge in [0.15, 0.2) is 0 Å². The predicted octanol–water partition coefficient (Wildman–Crippen LogP) is 1.81. The van der Waals surface area contributed by atoms with E-state index in [2.05, 4.69) is 54.3 Å². The van der Waals surface area contributed by atoms with Crippen molar-refractivity contribution in [2.45, 2.75) is 25.9 Å². The van der Waals surface area contributed by atoms with Crippen LogP contribution in [0.2, 0.25) is 0 Å². The number of para-hydroxylation sites is 1. The highest BCUT2D eigenvalue weighted by Gasteiger charge is 2.23. The first-order chi connectivity index (χ1) is 10.2. The highest BCUT2D eigenvalue weighted by Crippen LogP contribution is 2.18. The van der Waals surface area contributed by atoms with Crippen molar-refractivity contribution in [3.63, 3.8) is 0 Å². The third-order valence-electron chi connectivity index (χ3n) is 4.18. The van der Waals surface area contributed by atoms with Crippen LogP contribution in [-0.4, -0.2) is 62.7 Å². The molecule has 1 heterocycles. The summed E-state index contributed by atoms with van der Waals surface area (Å²) in [6.45, 7) is 8.11. The van der Waals surface area contributed by atoms with Gasteiger partial charge in [-0.2, -0.15) is 0 Å². The summed E-state index contributed by atoms with van der Waals surface area (Å²) in [6, 6.07) is 9.02. The van der Waals surface area contributed by atoms with E-state index in [1.54, 1.807) is 0 Å². The number of benzene rings is 1. The minimum Gasteiger partial charge on any atom is -0.492 e. The number of likely N-dealkylation sites (tertiary alicyclic amines) is 1. The van der Waals surface area contributed by atoms with Crippen molar-refractivity contribution < 1.29 is 4.74 Å². The zero-order valence-corrected chi connectivity index (χ0v) is 13.6. The molecule has 0 bridgehead atoms. The summed E-state index contributed by atoms with van der Waals surface area (Å²) in [6.07, 6.45) is 1.27. The zero-order valence-electron chi connectivity index (χ0n) is 13.6. The lowest BCUT2D eigenvalue weighted by Gasteiger charge is -2.20. The van der Waals surface area contributed by atoms with Gasteiger partial charge in [-0.05, 0) is 39.7 Å². The van der Waals surface area contributed by atoms with Crippen molar-refractivity contribution >= 4 is 0 Å². The van der Waals surface area contributed by atoms with Crippen molar-refractivity contribution in [2.24, 2.45) is 0 Å². The van der Waals surface area contributed by atoms with E-state index in [0.29, 0.717) is 6.04 Å². The Morgan fingerprint density at radius 2 is 2.14 bits per heavy atom. The molecule has 1 unspecified atom stereocenters. The normalized spacial score (nSPS) is 19.3. The van der Waals surface area contributed by atoms with Crippen molar-refractivity contribution in [2.75, 3.05) is 46.9 Å². The molecule has 1 aromatic rings. The monoisotopic (exact) mass is 291 g/mol. The van der Waals surface area contributed by atoms with Gasteiger partial charge in [-0.15, -0.1) is 0 Å². The van der Waals surface area contributed by atoms with Crippen LogP contribution in [0, 0.1) is 0 Å². The summed E-state index contributed by atoms with van der Waals surface area (Å²) in [5.74, 6) is 1.02. The Hall–Kier alpha value is -1.10. The molecule has 0 radical (unpaired) electrons. The van der Waals surface area contributed by atoms with Gasteiger partial charge in [0.05, 0.1) is 0 Å². The number of nitrogens with zero attached hydrogens (tertiary/aromatic N) is 2. The van der Waals surface area contributed by atoms with Crippen LogP contribution in [0.1, 0.15) is 18.9 Å². The Bertz CT molecular complexity index is 422. The quantitative estimate of drug-likeness (QED) is 0.790. The van der Waals surface area contributed by atoms with Crippen LogP contribution in [0.25, 0.3) is 0 Å². The average molecular weight is 291 g/mol. The first-order valence-corrected chi connectivity index (χ1v) is 8.01. The van der Waals surface area contributed by atoms with Crippen molar-refractivity contribution in [1.29, 1.82) is 0 Å². The van der Waals surface area contributed by atoms with Gasteiger partial charge in [-0.3, -0.25) is 4.90 Å².